The molecule has 0 saturated heterocycles. The summed E-state index contributed by atoms with van der Waals surface area (Å²) in [6, 6.07) is 0.755. The Kier molecular flexibility index (Phi) is 8.21. The first kappa shape index (κ1) is 15.0. The van der Waals surface area contributed by atoms with E-state index in [0.29, 0.717) is 13.1 Å². The Hall–Kier alpha value is 0.0169. The fourth-order valence-corrected chi connectivity index (χ4v) is 3.61. The molecule has 0 aromatic carbocycles. The Labute approximate surface area is 93.4 Å². The Morgan fingerprint density at radius 3 is 2.13 bits per heavy atom. The summed E-state index contributed by atoms with van der Waals surface area (Å²) in [6.45, 7) is 3.21. The number of nitrogens with two attached hydrogens (primary N) is 2. The van der Waals surface area contributed by atoms with Crippen LogP contribution in [0.3, 0.4) is 0 Å². The van der Waals surface area contributed by atoms with Gasteiger partial charge in [-0.2, -0.15) is 0 Å². The zero-order valence-corrected chi connectivity index (χ0v) is 11.0. The molecular weight excluding hydrogens is 212 g/mol. The second-order valence-corrected chi connectivity index (χ2v) is 6.41. The minimum absolute atomic E-state index is 0.0688. The first-order valence-corrected chi connectivity index (χ1v) is 7.25. The third-order valence-electron chi connectivity index (χ3n) is 2.26. The average molecular weight is 236 g/mol. The van der Waals surface area contributed by atoms with Crippen LogP contribution in [0.5, 0.6) is 0 Å². The Bertz CT molecular complexity index is 156. The average Bonchev–Trinajstić information content (AvgIpc) is 2.25. The van der Waals surface area contributed by atoms with Crippen LogP contribution in [0.1, 0.15) is 19.8 Å². The highest BCUT2D eigenvalue weighted by Crippen LogP contribution is 2.18. The van der Waals surface area contributed by atoms with Crippen LogP contribution >= 0.6 is 0 Å². The van der Waals surface area contributed by atoms with Crippen LogP contribution in [0, 0.1) is 0 Å². The van der Waals surface area contributed by atoms with Crippen molar-refractivity contribution in [3.8, 4) is 0 Å². The molecule has 0 aromatic heterocycles. The van der Waals surface area contributed by atoms with Crippen LogP contribution in [0.2, 0.25) is 6.04 Å². The van der Waals surface area contributed by atoms with Gasteiger partial charge in [0.15, 0.2) is 0 Å². The molecular formula is C9H24N2O3Si. The molecule has 0 bridgehead atoms. The van der Waals surface area contributed by atoms with Gasteiger partial charge in [0.05, 0.1) is 0 Å². The zero-order chi connectivity index (χ0) is 11.7. The van der Waals surface area contributed by atoms with Crippen molar-refractivity contribution in [2.45, 2.75) is 31.9 Å². The number of hydrogen-bond donors (Lipinski definition) is 2. The van der Waals surface area contributed by atoms with Gasteiger partial charge in [0, 0.05) is 26.4 Å². The van der Waals surface area contributed by atoms with Gasteiger partial charge in [-0.05, 0) is 32.9 Å². The highest BCUT2D eigenvalue weighted by molar-refractivity contribution is 6.60. The molecule has 0 aromatic rings. The topological polar surface area (TPSA) is 79.7 Å². The second kappa shape index (κ2) is 8.20. The van der Waals surface area contributed by atoms with Crippen molar-refractivity contribution in [3.05, 3.63) is 0 Å². The van der Waals surface area contributed by atoms with E-state index in [9.17, 15) is 0 Å². The van der Waals surface area contributed by atoms with E-state index in [1.54, 1.807) is 14.2 Å². The van der Waals surface area contributed by atoms with Crippen molar-refractivity contribution in [3.63, 3.8) is 0 Å². The summed E-state index contributed by atoms with van der Waals surface area (Å²) < 4.78 is 16.6. The lowest BCUT2D eigenvalue weighted by molar-refractivity contribution is 0.0598. The van der Waals surface area contributed by atoms with Gasteiger partial charge in [-0.15, -0.1) is 0 Å². The predicted octanol–water partition coefficient (Wildman–Crippen LogP) is 0.321. The molecule has 0 saturated carbocycles. The van der Waals surface area contributed by atoms with Crippen LogP contribution in [0.25, 0.3) is 0 Å². The van der Waals surface area contributed by atoms with Crippen LogP contribution in [0.15, 0.2) is 0 Å². The van der Waals surface area contributed by atoms with Crippen LogP contribution in [-0.4, -0.2) is 42.2 Å². The maximum Gasteiger partial charge on any atom is 0.500 e. The van der Waals surface area contributed by atoms with E-state index in [4.69, 9.17) is 24.7 Å². The molecule has 0 aliphatic carbocycles. The third kappa shape index (κ3) is 5.60. The van der Waals surface area contributed by atoms with Gasteiger partial charge in [0.1, 0.15) is 0 Å². The quantitative estimate of drug-likeness (QED) is 0.564. The van der Waals surface area contributed by atoms with Crippen LogP contribution in [-0.2, 0) is 13.3 Å². The van der Waals surface area contributed by atoms with Gasteiger partial charge in [0.2, 0.25) is 0 Å². The molecule has 15 heavy (non-hydrogen) atoms. The van der Waals surface area contributed by atoms with Gasteiger partial charge in [-0.1, -0.05) is 0 Å². The molecule has 1 atom stereocenters. The van der Waals surface area contributed by atoms with Gasteiger partial charge in [-0.3, -0.25) is 0 Å². The lowest BCUT2D eigenvalue weighted by atomic mass is 10.3. The van der Waals surface area contributed by atoms with Gasteiger partial charge >= 0.3 is 8.80 Å². The fourth-order valence-electron chi connectivity index (χ4n) is 1.36. The molecule has 0 heterocycles. The Morgan fingerprint density at radius 1 is 1.13 bits per heavy atom. The van der Waals surface area contributed by atoms with Crippen molar-refractivity contribution < 1.29 is 13.3 Å². The van der Waals surface area contributed by atoms with Gasteiger partial charge < -0.3 is 24.7 Å². The van der Waals surface area contributed by atoms with Crippen molar-refractivity contribution in [2.24, 2.45) is 11.5 Å². The zero-order valence-electron chi connectivity index (χ0n) is 9.99. The molecule has 0 amide bonds. The molecule has 0 aliphatic rings. The number of hydrogen-bond acceptors (Lipinski definition) is 5. The summed E-state index contributed by atoms with van der Waals surface area (Å²) >= 11 is 0. The summed E-state index contributed by atoms with van der Waals surface area (Å²) in [4.78, 5) is 0. The summed E-state index contributed by atoms with van der Waals surface area (Å²) in [6.07, 6.45) is 1.73. The minimum atomic E-state index is -2.50. The molecule has 4 N–H and O–H groups in total. The lowest BCUT2D eigenvalue weighted by Crippen LogP contribution is -2.46. The molecule has 0 fully saturated rings. The van der Waals surface area contributed by atoms with Crippen molar-refractivity contribution in [1.82, 2.24) is 0 Å². The van der Waals surface area contributed by atoms with E-state index >= 15 is 0 Å². The molecule has 0 radical (unpaired) electrons. The monoisotopic (exact) mass is 236 g/mol. The van der Waals surface area contributed by atoms with Gasteiger partial charge in [-0.25, -0.2) is 0 Å². The predicted molar refractivity (Wildman–Crippen MR) is 62.5 cm³/mol. The standard InChI is InChI=1S/C9H24N2O3Si/c1-9(5-7-11)14-15(12-2,13-3)8-4-6-10/h9H,4-8,10-11H2,1-3H3. The molecule has 5 nitrogen and oxygen atoms in total. The molecule has 92 valence electrons. The molecule has 0 spiro atoms. The van der Waals surface area contributed by atoms with Gasteiger partial charge in [0.25, 0.3) is 0 Å². The summed E-state index contributed by atoms with van der Waals surface area (Å²) in [5.74, 6) is 0. The third-order valence-corrected chi connectivity index (χ3v) is 5.23. The number of rotatable bonds is 9. The van der Waals surface area contributed by atoms with Crippen molar-refractivity contribution in [1.29, 1.82) is 0 Å². The summed E-state index contributed by atoms with van der Waals surface area (Å²) in [5.41, 5.74) is 10.9. The van der Waals surface area contributed by atoms with Crippen LogP contribution in [0.4, 0.5) is 0 Å². The largest absolute Gasteiger partial charge is 0.500 e. The summed E-state index contributed by atoms with van der Waals surface area (Å²) in [7, 11) is 0.753. The first-order chi connectivity index (χ1) is 7.14. The maximum atomic E-state index is 5.84. The second-order valence-electron chi connectivity index (χ2n) is 3.49. The van der Waals surface area contributed by atoms with E-state index in [-0.39, 0.29) is 6.10 Å². The lowest BCUT2D eigenvalue weighted by Gasteiger charge is -2.29. The van der Waals surface area contributed by atoms with Crippen molar-refractivity contribution in [2.75, 3.05) is 27.3 Å². The van der Waals surface area contributed by atoms with E-state index in [1.807, 2.05) is 6.92 Å². The smallest absolute Gasteiger partial charge is 0.377 e. The molecule has 6 heteroatoms. The normalized spacial score (nSPS) is 14.2. The molecule has 0 aliphatic heterocycles. The van der Waals surface area contributed by atoms with E-state index < -0.39 is 8.80 Å². The highest BCUT2D eigenvalue weighted by Gasteiger charge is 2.39. The van der Waals surface area contributed by atoms with E-state index in [2.05, 4.69) is 0 Å². The highest BCUT2D eigenvalue weighted by atomic mass is 28.4. The van der Waals surface area contributed by atoms with E-state index in [0.717, 1.165) is 18.9 Å². The Morgan fingerprint density at radius 2 is 1.73 bits per heavy atom. The fraction of sp³-hybridized carbons (Fsp3) is 1.00. The molecule has 1 unspecified atom stereocenters. The first-order valence-electron chi connectivity index (χ1n) is 5.32. The van der Waals surface area contributed by atoms with E-state index in [1.165, 1.54) is 0 Å². The maximum absolute atomic E-state index is 5.84. The Balaban J connectivity index is 4.21. The van der Waals surface area contributed by atoms with Crippen molar-refractivity contribution >= 4 is 8.80 Å². The summed E-state index contributed by atoms with van der Waals surface area (Å²) in [5, 5.41) is 0. The van der Waals surface area contributed by atoms with Crippen LogP contribution < -0.4 is 11.5 Å². The minimum Gasteiger partial charge on any atom is -0.377 e. The molecule has 0 rings (SSSR count). The SMILES string of the molecule is CO[Si](CCCN)(OC)OC(C)CCN.